The van der Waals surface area contributed by atoms with Crippen molar-refractivity contribution >= 4 is 17.7 Å². The summed E-state index contributed by atoms with van der Waals surface area (Å²) in [6, 6.07) is 7.51. The van der Waals surface area contributed by atoms with Crippen molar-refractivity contribution in [2.75, 3.05) is 25.0 Å². The van der Waals surface area contributed by atoms with E-state index in [4.69, 9.17) is 9.57 Å². The van der Waals surface area contributed by atoms with E-state index in [0.717, 1.165) is 29.8 Å². The molecule has 1 N–H and O–H groups in total. The summed E-state index contributed by atoms with van der Waals surface area (Å²) in [4.78, 5) is 36.2. The molecule has 1 fully saturated rings. The molecular weight excluding hydrogens is 481 g/mol. The second-order valence-electron chi connectivity index (χ2n) is 7.78. The molecule has 0 saturated carbocycles. The maximum atomic E-state index is 12.8. The number of alkyl halides is 3. The Morgan fingerprint density at radius 1 is 1.17 bits per heavy atom. The highest BCUT2D eigenvalue weighted by molar-refractivity contribution is 5.92. The van der Waals surface area contributed by atoms with Crippen LogP contribution in [0, 0.1) is 11.3 Å². The number of carbonyl (C=O) groups is 2. The van der Waals surface area contributed by atoms with E-state index in [9.17, 15) is 28.0 Å². The molecule has 3 heterocycles. The van der Waals surface area contributed by atoms with E-state index in [1.165, 1.54) is 36.8 Å². The van der Waals surface area contributed by atoms with Gasteiger partial charge in [-0.3, -0.25) is 14.6 Å². The molecule has 10 nitrogen and oxygen atoms in total. The highest BCUT2D eigenvalue weighted by atomic mass is 19.4. The molecule has 13 heteroatoms. The third-order valence-corrected chi connectivity index (χ3v) is 5.19. The Balaban J connectivity index is 1.38. The Morgan fingerprint density at radius 2 is 1.94 bits per heavy atom. The summed E-state index contributed by atoms with van der Waals surface area (Å²) in [6.07, 6.45) is 0.839. The van der Waals surface area contributed by atoms with Crippen LogP contribution >= 0.6 is 0 Å². The zero-order valence-electron chi connectivity index (χ0n) is 18.7. The molecule has 0 spiro atoms. The fourth-order valence-corrected chi connectivity index (χ4v) is 3.47. The quantitative estimate of drug-likeness (QED) is 0.550. The van der Waals surface area contributed by atoms with E-state index >= 15 is 0 Å². The number of hydrogen-bond donors (Lipinski definition) is 1. The van der Waals surface area contributed by atoms with Gasteiger partial charge in [0.15, 0.2) is 6.61 Å². The molecule has 2 aromatic heterocycles. The summed E-state index contributed by atoms with van der Waals surface area (Å²) in [6.45, 7) is 0.677. The third kappa shape index (κ3) is 5.90. The maximum absolute atomic E-state index is 12.8. The molecule has 36 heavy (non-hydrogen) atoms. The van der Waals surface area contributed by atoms with Crippen molar-refractivity contribution < 1.29 is 32.3 Å². The number of nitrogens with one attached hydrogen (secondary N) is 1. The lowest BCUT2D eigenvalue weighted by Crippen LogP contribution is -2.34. The average Bonchev–Trinajstić information content (AvgIpc) is 3.55. The van der Waals surface area contributed by atoms with Gasteiger partial charge >= 0.3 is 12.3 Å². The van der Waals surface area contributed by atoms with Gasteiger partial charge in [-0.05, 0) is 37.1 Å². The number of anilines is 1. The van der Waals surface area contributed by atoms with Crippen LogP contribution in [-0.2, 0) is 11.0 Å². The lowest BCUT2D eigenvalue weighted by Gasteiger charge is -2.13. The zero-order valence-corrected chi connectivity index (χ0v) is 18.7. The van der Waals surface area contributed by atoms with Crippen molar-refractivity contribution in [1.29, 1.82) is 5.26 Å². The highest BCUT2D eigenvalue weighted by Gasteiger charge is 2.30. The molecule has 3 aromatic rings. The normalized spacial score (nSPS) is 13.2. The number of hydrogen-bond acceptors (Lipinski definition) is 7. The Kier molecular flexibility index (Phi) is 7.05. The average molecular weight is 500 g/mol. The summed E-state index contributed by atoms with van der Waals surface area (Å²) in [7, 11) is 0. The van der Waals surface area contributed by atoms with Crippen LogP contribution in [0.15, 0.2) is 48.9 Å². The number of nitrogens with zero attached hydrogens (tertiary/aromatic N) is 5. The molecule has 4 rings (SSSR count). The summed E-state index contributed by atoms with van der Waals surface area (Å²) in [5.74, 6) is -0.777. The lowest BCUT2D eigenvalue weighted by atomic mass is 10.1. The fraction of sp³-hybridized carbons (Fsp3) is 0.261. The second kappa shape index (κ2) is 10.3. The molecule has 1 saturated heterocycles. The molecule has 2 amide bonds. The number of pyridine rings is 1. The molecule has 1 aliphatic heterocycles. The fourth-order valence-electron chi connectivity index (χ4n) is 3.47. The first kappa shape index (κ1) is 24.5. The number of likely N-dealkylation sites (tertiary alicyclic amines) is 1. The maximum Gasteiger partial charge on any atom is 0.435 e. The molecule has 0 atom stereocenters. The van der Waals surface area contributed by atoms with E-state index < -0.39 is 30.3 Å². The van der Waals surface area contributed by atoms with E-state index in [1.807, 2.05) is 6.07 Å². The first-order valence-corrected chi connectivity index (χ1v) is 10.8. The number of nitriles is 1. The van der Waals surface area contributed by atoms with Crippen molar-refractivity contribution in [1.82, 2.24) is 19.8 Å². The van der Waals surface area contributed by atoms with Crippen molar-refractivity contribution in [3.8, 4) is 23.1 Å². The van der Waals surface area contributed by atoms with Crippen LogP contribution in [0.5, 0.6) is 5.75 Å². The van der Waals surface area contributed by atoms with E-state index in [1.54, 1.807) is 4.90 Å². The third-order valence-electron chi connectivity index (χ3n) is 5.19. The zero-order chi connectivity index (χ0) is 25.7. The number of carbonyl (C=O) groups excluding carboxylic acids is 2. The lowest BCUT2D eigenvalue weighted by molar-refractivity contribution is -0.137. The van der Waals surface area contributed by atoms with Crippen molar-refractivity contribution in [2.45, 2.75) is 19.0 Å². The van der Waals surface area contributed by atoms with Crippen LogP contribution in [0.1, 0.15) is 24.0 Å². The van der Waals surface area contributed by atoms with Gasteiger partial charge in [0.1, 0.15) is 11.8 Å². The van der Waals surface area contributed by atoms with Crippen LogP contribution in [-0.4, -0.2) is 51.5 Å². The molecule has 0 unspecified atom stereocenters. The van der Waals surface area contributed by atoms with E-state index in [0.29, 0.717) is 18.7 Å². The molecule has 0 aliphatic carbocycles. The Bertz CT molecular complexity index is 1310. The summed E-state index contributed by atoms with van der Waals surface area (Å²) >= 11 is 0. The van der Waals surface area contributed by atoms with Crippen LogP contribution in [0.2, 0.25) is 0 Å². The predicted molar refractivity (Wildman–Crippen MR) is 119 cm³/mol. The summed E-state index contributed by atoms with van der Waals surface area (Å²) in [5.41, 5.74) is 0.0523. The van der Waals surface area contributed by atoms with Crippen molar-refractivity contribution in [3.63, 3.8) is 0 Å². The SMILES string of the molecule is N#Cc1cc(NC(=O)COc2cccc(C(F)(F)F)c2)cnc1-c1cnn(OC(=O)N2CCCC2)c1. The molecule has 1 aliphatic rings. The van der Waals surface area contributed by atoms with Gasteiger partial charge in [0.2, 0.25) is 0 Å². The van der Waals surface area contributed by atoms with Crippen LogP contribution < -0.4 is 14.9 Å². The number of aromatic nitrogens is 3. The standard InChI is InChI=1S/C23H19F3N6O4/c24-23(25,26)17-4-3-5-19(9-17)35-14-20(33)30-18-8-15(10-27)21(28-12-18)16-11-29-32(13-16)36-22(34)31-6-1-2-7-31/h3-5,8-9,11-13H,1-2,6-7,14H2,(H,30,33). The Labute approximate surface area is 202 Å². The van der Waals surface area contributed by atoms with Gasteiger partial charge in [0, 0.05) is 18.7 Å². The van der Waals surface area contributed by atoms with Crippen LogP contribution in [0.4, 0.5) is 23.7 Å². The van der Waals surface area contributed by atoms with Crippen LogP contribution in [0.25, 0.3) is 11.3 Å². The van der Waals surface area contributed by atoms with Gasteiger partial charge in [-0.25, -0.2) is 4.79 Å². The predicted octanol–water partition coefficient (Wildman–Crippen LogP) is 3.50. The molecule has 0 radical (unpaired) electrons. The van der Waals surface area contributed by atoms with Crippen molar-refractivity contribution in [3.05, 3.63) is 60.0 Å². The van der Waals surface area contributed by atoms with Crippen LogP contribution in [0.3, 0.4) is 0 Å². The first-order valence-electron chi connectivity index (χ1n) is 10.8. The minimum Gasteiger partial charge on any atom is -0.484 e. The monoisotopic (exact) mass is 500 g/mol. The number of amides is 2. The minimum absolute atomic E-state index is 0.108. The minimum atomic E-state index is -4.53. The number of benzene rings is 1. The van der Waals surface area contributed by atoms with Gasteiger partial charge in [0.05, 0.1) is 41.1 Å². The number of ether oxygens (including phenoxy) is 1. The Hall–Kier alpha value is -4.60. The van der Waals surface area contributed by atoms with E-state index in [-0.39, 0.29) is 22.7 Å². The topological polar surface area (TPSA) is 122 Å². The van der Waals surface area contributed by atoms with Gasteiger partial charge < -0.3 is 15.0 Å². The summed E-state index contributed by atoms with van der Waals surface area (Å²) in [5, 5.41) is 16.0. The highest BCUT2D eigenvalue weighted by Crippen LogP contribution is 2.31. The first-order chi connectivity index (χ1) is 17.2. The van der Waals surface area contributed by atoms with Gasteiger partial charge in [-0.15, -0.1) is 5.10 Å². The van der Waals surface area contributed by atoms with Gasteiger partial charge in [-0.1, -0.05) is 10.9 Å². The van der Waals surface area contributed by atoms with Gasteiger partial charge in [-0.2, -0.15) is 18.4 Å². The smallest absolute Gasteiger partial charge is 0.435 e. The largest absolute Gasteiger partial charge is 0.484 e. The molecular formula is C23H19F3N6O4. The second-order valence-corrected chi connectivity index (χ2v) is 7.78. The number of halogens is 3. The molecule has 0 bridgehead atoms. The molecule has 186 valence electrons. The summed E-state index contributed by atoms with van der Waals surface area (Å²) < 4.78 is 43.6. The van der Waals surface area contributed by atoms with Gasteiger partial charge in [0.25, 0.3) is 5.91 Å². The number of rotatable bonds is 6. The van der Waals surface area contributed by atoms with Crippen molar-refractivity contribution in [2.24, 2.45) is 0 Å². The molecule has 1 aromatic carbocycles. The van der Waals surface area contributed by atoms with E-state index in [2.05, 4.69) is 15.4 Å². The Morgan fingerprint density at radius 3 is 2.67 bits per heavy atom.